The van der Waals surface area contributed by atoms with Crippen molar-refractivity contribution in [1.29, 1.82) is 0 Å². The number of anilines is 1. The topological polar surface area (TPSA) is 73.6 Å². The number of amides is 1. The fourth-order valence-electron chi connectivity index (χ4n) is 2.00. The van der Waals surface area contributed by atoms with Crippen molar-refractivity contribution in [3.05, 3.63) is 24.3 Å². The second-order valence-corrected chi connectivity index (χ2v) is 4.95. The Balaban J connectivity index is 2.02. The summed E-state index contributed by atoms with van der Waals surface area (Å²) in [7, 11) is 0. The normalized spacial score (nSPS) is 26.2. The minimum absolute atomic E-state index is 0.110. The molecule has 0 saturated carbocycles. The predicted molar refractivity (Wildman–Crippen MR) is 73.1 cm³/mol. The van der Waals surface area contributed by atoms with Crippen LogP contribution >= 0.6 is 0 Å². The predicted octanol–water partition coefficient (Wildman–Crippen LogP) is 1.39. The molecule has 1 aromatic rings. The number of carbonyl (C=O) groups is 1. The van der Waals surface area contributed by atoms with Crippen LogP contribution in [-0.2, 0) is 9.53 Å². The molecule has 0 spiro atoms. The van der Waals surface area contributed by atoms with E-state index in [-0.39, 0.29) is 11.9 Å². The second kappa shape index (κ2) is 5.59. The van der Waals surface area contributed by atoms with Crippen molar-refractivity contribution in [1.82, 2.24) is 0 Å². The molecule has 0 radical (unpaired) electrons. The van der Waals surface area contributed by atoms with Gasteiger partial charge in [-0.05, 0) is 38.1 Å². The van der Waals surface area contributed by atoms with Crippen LogP contribution in [0.1, 0.15) is 13.8 Å². The van der Waals surface area contributed by atoms with Crippen LogP contribution in [0.2, 0.25) is 0 Å². The third-order valence-corrected chi connectivity index (χ3v) is 3.46. The molecule has 1 fully saturated rings. The van der Waals surface area contributed by atoms with Gasteiger partial charge in [-0.1, -0.05) is 0 Å². The first-order valence-corrected chi connectivity index (χ1v) is 6.44. The molecule has 2 unspecified atom stereocenters. The van der Waals surface area contributed by atoms with Crippen LogP contribution in [0.15, 0.2) is 24.3 Å². The van der Waals surface area contributed by atoms with Crippen molar-refractivity contribution in [2.45, 2.75) is 19.9 Å². The summed E-state index contributed by atoms with van der Waals surface area (Å²) in [5.41, 5.74) is 5.99. The maximum atomic E-state index is 12.3. The molecule has 2 rings (SSSR count). The Morgan fingerprint density at radius 2 is 2.21 bits per heavy atom. The molecule has 1 aliphatic rings. The van der Waals surface area contributed by atoms with Gasteiger partial charge >= 0.3 is 0 Å². The maximum absolute atomic E-state index is 12.3. The fourth-order valence-corrected chi connectivity index (χ4v) is 2.00. The van der Waals surface area contributed by atoms with Crippen LogP contribution < -0.4 is 15.8 Å². The summed E-state index contributed by atoms with van der Waals surface area (Å²) in [6.45, 7) is 5.16. The smallest absolute Gasteiger partial charge is 0.234 e. The van der Waals surface area contributed by atoms with Crippen LogP contribution in [0.4, 0.5) is 5.69 Å². The van der Waals surface area contributed by atoms with Gasteiger partial charge in [0, 0.05) is 11.7 Å². The monoisotopic (exact) mass is 264 g/mol. The van der Waals surface area contributed by atoms with Gasteiger partial charge in [-0.25, -0.2) is 0 Å². The van der Waals surface area contributed by atoms with E-state index in [1.807, 2.05) is 38.1 Å². The lowest BCUT2D eigenvalue weighted by Gasteiger charge is -2.25. The Labute approximate surface area is 113 Å². The van der Waals surface area contributed by atoms with Crippen molar-refractivity contribution < 1.29 is 14.3 Å². The zero-order valence-electron chi connectivity index (χ0n) is 11.3. The summed E-state index contributed by atoms with van der Waals surface area (Å²) in [4.78, 5) is 12.3. The van der Waals surface area contributed by atoms with Gasteiger partial charge in [0.15, 0.2) is 0 Å². The fraction of sp³-hybridized carbons (Fsp3) is 0.500. The molecule has 0 aliphatic carbocycles. The van der Waals surface area contributed by atoms with Gasteiger partial charge in [0.05, 0.1) is 25.2 Å². The van der Waals surface area contributed by atoms with Crippen molar-refractivity contribution in [3.63, 3.8) is 0 Å². The number of benzene rings is 1. The van der Waals surface area contributed by atoms with E-state index in [2.05, 4.69) is 5.32 Å². The molecule has 5 heteroatoms. The number of nitrogens with two attached hydrogens (primary N) is 1. The Morgan fingerprint density at radius 1 is 1.53 bits per heavy atom. The minimum atomic E-state index is -0.668. The molecular weight excluding hydrogens is 244 g/mol. The first-order valence-electron chi connectivity index (χ1n) is 6.44. The standard InChI is InChI=1S/C14H20N2O3/c1-3-19-11-6-4-10(5-7-11)16-13(17)14(2)9-18-8-12(14)15/h4-7,12H,3,8-9,15H2,1-2H3,(H,16,17). The molecule has 1 aromatic carbocycles. The van der Waals surface area contributed by atoms with E-state index in [9.17, 15) is 4.79 Å². The number of hydrogen-bond acceptors (Lipinski definition) is 4. The average Bonchev–Trinajstić information content (AvgIpc) is 2.74. The highest BCUT2D eigenvalue weighted by Gasteiger charge is 2.44. The summed E-state index contributed by atoms with van der Waals surface area (Å²) >= 11 is 0. The zero-order chi connectivity index (χ0) is 13.9. The quantitative estimate of drug-likeness (QED) is 0.862. The van der Waals surface area contributed by atoms with Gasteiger partial charge in [-0.3, -0.25) is 4.79 Å². The lowest BCUT2D eigenvalue weighted by molar-refractivity contribution is -0.125. The van der Waals surface area contributed by atoms with E-state index in [4.69, 9.17) is 15.2 Å². The highest BCUT2D eigenvalue weighted by Crippen LogP contribution is 2.29. The number of rotatable bonds is 4. The van der Waals surface area contributed by atoms with E-state index in [1.165, 1.54) is 0 Å². The van der Waals surface area contributed by atoms with Crippen LogP contribution in [-0.4, -0.2) is 31.8 Å². The van der Waals surface area contributed by atoms with Crippen molar-refractivity contribution in [3.8, 4) is 5.75 Å². The number of hydrogen-bond donors (Lipinski definition) is 2. The molecule has 2 atom stereocenters. The Bertz CT molecular complexity index is 447. The van der Waals surface area contributed by atoms with E-state index in [1.54, 1.807) is 0 Å². The summed E-state index contributed by atoms with van der Waals surface area (Å²) in [6, 6.07) is 7.01. The molecule has 3 N–H and O–H groups in total. The largest absolute Gasteiger partial charge is 0.494 e. The van der Waals surface area contributed by atoms with Crippen LogP contribution in [0.3, 0.4) is 0 Å². The Morgan fingerprint density at radius 3 is 2.74 bits per heavy atom. The molecular formula is C14H20N2O3. The van der Waals surface area contributed by atoms with Gasteiger partial charge < -0.3 is 20.5 Å². The van der Waals surface area contributed by atoms with Crippen molar-refractivity contribution in [2.24, 2.45) is 11.1 Å². The van der Waals surface area contributed by atoms with Crippen molar-refractivity contribution in [2.75, 3.05) is 25.1 Å². The van der Waals surface area contributed by atoms with Gasteiger partial charge in [0.2, 0.25) is 5.91 Å². The summed E-state index contributed by atoms with van der Waals surface area (Å²) in [6.07, 6.45) is 0. The van der Waals surface area contributed by atoms with E-state index in [0.717, 1.165) is 11.4 Å². The van der Waals surface area contributed by atoms with E-state index >= 15 is 0 Å². The first-order chi connectivity index (χ1) is 9.06. The summed E-state index contributed by atoms with van der Waals surface area (Å²) in [5, 5.41) is 2.87. The van der Waals surface area contributed by atoms with Crippen LogP contribution in [0.25, 0.3) is 0 Å². The third-order valence-electron chi connectivity index (χ3n) is 3.46. The van der Waals surface area contributed by atoms with Crippen LogP contribution in [0.5, 0.6) is 5.75 Å². The van der Waals surface area contributed by atoms with Gasteiger partial charge in [0.1, 0.15) is 5.75 Å². The molecule has 1 aliphatic heterocycles. The highest BCUT2D eigenvalue weighted by atomic mass is 16.5. The lowest BCUT2D eigenvalue weighted by atomic mass is 9.85. The van der Waals surface area contributed by atoms with Crippen LogP contribution in [0, 0.1) is 5.41 Å². The lowest BCUT2D eigenvalue weighted by Crippen LogP contribution is -2.47. The van der Waals surface area contributed by atoms with Gasteiger partial charge in [-0.2, -0.15) is 0 Å². The van der Waals surface area contributed by atoms with Gasteiger partial charge in [-0.15, -0.1) is 0 Å². The maximum Gasteiger partial charge on any atom is 0.234 e. The molecule has 19 heavy (non-hydrogen) atoms. The highest BCUT2D eigenvalue weighted by molar-refractivity contribution is 5.96. The average molecular weight is 264 g/mol. The molecule has 0 bridgehead atoms. The molecule has 0 aromatic heterocycles. The number of nitrogens with one attached hydrogen (secondary N) is 1. The molecule has 1 saturated heterocycles. The van der Waals surface area contributed by atoms with E-state index in [0.29, 0.717) is 19.8 Å². The Hall–Kier alpha value is -1.59. The first kappa shape index (κ1) is 13.8. The van der Waals surface area contributed by atoms with Gasteiger partial charge in [0.25, 0.3) is 0 Å². The zero-order valence-corrected chi connectivity index (χ0v) is 11.3. The minimum Gasteiger partial charge on any atom is -0.494 e. The molecule has 1 amide bonds. The van der Waals surface area contributed by atoms with Crippen molar-refractivity contribution >= 4 is 11.6 Å². The number of ether oxygens (including phenoxy) is 2. The molecule has 104 valence electrons. The molecule has 5 nitrogen and oxygen atoms in total. The summed E-state index contributed by atoms with van der Waals surface area (Å²) in [5.74, 6) is 0.675. The SMILES string of the molecule is CCOc1ccc(NC(=O)C2(C)COCC2N)cc1. The third kappa shape index (κ3) is 2.88. The van der Waals surface area contributed by atoms with E-state index < -0.39 is 5.41 Å². The Kier molecular flexibility index (Phi) is 4.07. The second-order valence-electron chi connectivity index (χ2n) is 4.95. The number of carbonyl (C=O) groups excluding carboxylic acids is 1. The molecule has 1 heterocycles. The summed E-state index contributed by atoms with van der Waals surface area (Å²) < 4.78 is 10.6.